The van der Waals surface area contributed by atoms with Gasteiger partial charge in [0.2, 0.25) is 0 Å². The van der Waals surface area contributed by atoms with Crippen molar-refractivity contribution in [1.82, 2.24) is 4.98 Å². The molecule has 0 fully saturated rings. The van der Waals surface area contributed by atoms with Gasteiger partial charge < -0.3 is 15.7 Å². The minimum absolute atomic E-state index is 0.0800. The predicted octanol–water partition coefficient (Wildman–Crippen LogP) is 3.49. The van der Waals surface area contributed by atoms with Crippen LogP contribution in [-0.2, 0) is 0 Å². The maximum atomic E-state index is 11.8. The number of halogens is 1. The van der Waals surface area contributed by atoms with Gasteiger partial charge in [-0.15, -0.1) is 0 Å². The van der Waals surface area contributed by atoms with E-state index in [-0.39, 0.29) is 5.69 Å². The van der Waals surface area contributed by atoms with Crippen LogP contribution in [0.1, 0.15) is 16.1 Å². The van der Waals surface area contributed by atoms with Gasteiger partial charge in [-0.25, -0.2) is 14.6 Å². The fraction of sp³-hybridized carbons (Fsp3) is 0.0714. The molecule has 1 heterocycles. The van der Waals surface area contributed by atoms with E-state index in [4.69, 9.17) is 5.11 Å². The molecule has 0 spiro atoms. The Morgan fingerprint density at radius 1 is 1.14 bits per heavy atom. The van der Waals surface area contributed by atoms with Gasteiger partial charge in [0.15, 0.2) is 0 Å². The van der Waals surface area contributed by atoms with E-state index in [1.165, 1.54) is 18.3 Å². The number of aromatic nitrogens is 1. The summed E-state index contributed by atoms with van der Waals surface area (Å²) in [6.07, 6.45) is 1.29. The number of pyridine rings is 1. The average Bonchev–Trinajstić information content (AvgIpc) is 2.37. The highest BCUT2D eigenvalue weighted by molar-refractivity contribution is 9.10. The molecule has 0 saturated heterocycles. The Kier molecular flexibility index (Phi) is 4.54. The molecule has 3 N–H and O–H groups in total. The first-order chi connectivity index (χ1) is 9.94. The number of carbonyl (C=O) groups is 2. The summed E-state index contributed by atoms with van der Waals surface area (Å²) in [5, 5.41) is 14.0. The van der Waals surface area contributed by atoms with Crippen LogP contribution < -0.4 is 10.6 Å². The number of nitrogens with zero attached hydrogens (tertiary/aromatic N) is 1. The van der Waals surface area contributed by atoms with E-state index < -0.39 is 12.0 Å². The molecule has 2 rings (SSSR count). The van der Waals surface area contributed by atoms with Crippen LogP contribution in [0.25, 0.3) is 0 Å². The summed E-state index contributed by atoms with van der Waals surface area (Å²) in [5.41, 5.74) is 1.98. The average molecular weight is 350 g/mol. The molecular weight excluding hydrogens is 338 g/mol. The highest BCUT2D eigenvalue weighted by atomic mass is 79.9. The van der Waals surface area contributed by atoms with Gasteiger partial charge >= 0.3 is 12.0 Å². The largest absolute Gasteiger partial charge is 0.477 e. The van der Waals surface area contributed by atoms with Crippen molar-refractivity contribution in [2.24, 2.45) is 0 Å². The number of hydrogen-bond acceptors (Lipinski definition) is 3. The van der Waals surface area contributed by atoms with Crippen molar-refractivity contribution < 1.29 is 14.7 Å². The third kappa shape index (κ3) is 4.28. The van der Waals surface area contributed by atoms with E-state index >= 15 is 0 Å². The van der Waals surface area contributed by atoms with Gasteiger partial charge in [-0.3, -0.25) is 0 Å². The summed E-state index contributed by atoms with van der Waals surface area (Å²) in [5.74, 6) is -1.12. The Balaban J connectivity index is 2.02. The molecule has 0 saturated carbocycles. The van der Waals surface area contributed by atoms with Crippen molar-refractivity contribution in [1.29, 1.82) is 0 Å². The van der Waals surface area contributed by atoms with Crippen LogP contribution in [0.4, 0.5) is 16.2 Å². The summed E-state index contributed by atoms with van der Waals surface area (Å²) in [4.78, 5) is 26.2. The molecule has 0 aliphatic heterocycles. The Morgan fingerprint density at radius 3 is 2.43 bits per heavy atom. The number of urea groups is 1. The van der Waals surface area contributed by atoms with Gasteiger partial charge in [0.25, 0.3) is 0 Å². The van der Waals surface area contributed by atoms with E-state index in [1.807, 2.05) is 19.1 Å². The van der Waals surface area contributed by atoms with Gasteiger partial charge in [-0.1, -0.05) is 15.9 Å². The third-order valence-electron chi connectivity index (χ3n) is 2.54. The van der Waals surface area contributed by atoms with Crippen LogP contribution in [0.2, 0.25) is 0 Å². The molecule has 108 valence electrons. The number of anilines is 2. The van der Waals surface area contributed by atoms with Crippen LogP contribution >= 0.6 is 15.9 Å². The summed E-state index contributed by atoms with van der Waals surface area (Å²) < 4.78 is 0.866. The molecule has 2 aromatic rings. The summed E-state index contributed by atoms with van der Waals surface area (Å²) in [6.45, 7) is 1.92. The molecule has 0 unspecified atom stereocenters. The van der Waals surface area contributed by atoms with Gasteiger partial charge in [0, 0.05) is 10.2 Å². The number of aryl methyl sites for hydroxylation is 1. The standard InChI is InChI=1S/C14H12BrN3O3/c1-8-4-9(15)6-11(5-8)18-14(21)17-10-2-3-12(13(19)20)16-7-10/h2-7H,1H3,(H,19,20)(H2,17,18,21). The molecule has 7 heteroatoms. The maximum Gasteiger partial charge on any atom is 0.354 e. The fourth-order valence-corrected chi connectivity index (χ4v) is 2.30. The Bertz CT molecular complexity index is 666. The number of carboxylic acids is 1. The third-order valence-corrected chi connectivity index (χ3v) is 3.00. The van der Waals surface area contributed by atoms with Crippen molar-refractivity contribution in [3.05, 3.63) is 52.3 Å². The molecular formula is C14H12BrN3O3. The van der Waals surface area contributed by atoms with Gasteiger partial charge in [0.1, 0.15) is 5.69 Å². The van der Waals surface area contributed by atoms with Crippen LogP contribution in [0.15, 0.2) is 41.0 Å². The van der Waals surface area contributed by atoms with Crippen molar-refractivity contribution in [3.63, 3.8) is 0 Å². The molecule has 6 nitrogen and oxygen atoms in total. The van der Waals surface area contributed by atoms with Crippen LogP contribution in [0, 0.1) is 6.92 Å². The zero-order valence-corrected chi connectivity index (χ0v) is 12.6. The molecule has 21 heavy (non-hydrogen) atoms. The van der Waals surface area contributed by atoms with Crippen LogP contribution in [-0.4, -0.2) is 22.1 Å². The number of carboxylic acid groups (broad SMARTS) is 1. The Morgan fingerprint density at radius 2 is 1.86 bits per heavy atom. The van der Waals surface area contributed by atoms with Crippen molar-refractivity contribution >= 4 is 39.3 Å². The highest BCUT2D eigenvalue weighted by Crippen LogP contribution is 2.19. The minimum atomic E-state index is -1.12. The molecule has 0 aliphatic rings. The number of nitrogens with one attached hydrogen (secondary N) is 2. The van der Waals surface area contributed by atoms with Crippen molar-refractivity contribution in [3.8, 4) is 0 Å². The van der Waals surface area contributed by atoms with E-state index in [0.717, 1.165) is 10.0 Å². The quantitative estimate of drug-likeness (QED) is 0.790. The number of benzene rings is 1. The molecule has 0 aliphatic carbocycles. The first-order valence-electron chi connectivity index (χ1n) is 5.98. The topological polar surface area (TPSA) is 91.3 Å². The summed E-state index contributed by atoms with van der Waals surface area (Å²) in [6, 6.07) is 7.90. The molecule has 2 amide bonds. The number of rotatable bonds is 3. The maximum absolute atomic E-state index is 11.8. The highest BCUT2D eigenvalue weighted by Gasteiger charge is 2.07. The van der Waals surface area contributed by atoms with Gasteiger partial charge in [0.05, 0.1) is 11.9 Å². The summed E-state index contributed by atoms with van der Waals surface area (Å²) >= 11 is 3.35. The molecule has 0 atom stereocenters. The van der Waals surface area contributed by atoms with Gasteiger partial charge in [-0.05, 0) is 42.8 Å². The second kappa shape index (κ2) is 6.36. The smallest absolute Gasteiger partial charge is 0.354 e. The van der Waals surface area contributed by atoms with E-state index in [9.17, 15) is 9.59 Å². The molecule has 0 radical (unpaired) electrons. The van der Waals surface area contributed by atoms with E-state index in [1.54, 1.807) is 6.07 Å². The number of amides is 2. The van der Waals surface area contributed by atoms with Crippen LogP contribution in [0.5, 0.6) is 0 Å². The van der Waals surface area contributed by atoms with Gasteiger partial charge in [-0.2, -0.15) is 0 Å². The normalized spacial score (nSPS) is 10.0. The first-order valence-corrected chi connectivity index (χ1v) is 6.78. The second-order valence-corrected chi connectivity index (χ2v) is 5.25. The predicted molar refractivity (Wildman–Crippen MR) is 82.7 cm³/mol. The number of carbonyl (C=O) groups excluding carboxylic acids is 1. The van der Waals surface area contributed by atoms with Crippen LogP contribution in [0.3, 0.4) is 0 Å². The zero-order valence-electron chi connectivity index (χ0n) is 11.1. The number of aromatic carboxylic acids is 1. The first kappa shape index (κ1) is 15.0. The minimum Gasteiger partial charge on any atom is -0.477 e. The molecule has 0 bridgehead atoms. The molecule has 1 aromatic heterocycles. The zero-order chi connectivity index (χ0) is 15.4. The fourth-order valence-electron chi connectivity index (χ4n) is 1.70. The lowest BCUT2D eigenvalue weighted by Gasteiger charge is -2.08. The monoisotopic (exact) mass is 349 g/mol. The summed E-state index contributed by atoms with van der Waals surface area (Å²) in [7, 11) is 0. The molecule has 1 aromatic carbocycles. The SMILES string of the molecule is Cc1cc(Br)cc(NC(=O)Nc2ccc(C(=O)O)nc2)c1. The lowest BCUT2D eigenvalue weighted by Crippen LogP contribution is -2.19. The Hall–Kier alpha value is -2.41. The van der Waals surface area contributed by atoms with E-state index in [2.05, 4.69) is 31.5 Å². The van der Waals surface area contributed by atoms with Crippen molar-refractivity contribution in [2.45, 2.75) is 6.92 Å². The second-order valence-electron chi connectivity index (χ2n) is 4.33. The van der Waals surface area contributed by atoms with E-state index in [0.29, 0.717) is 11.4 Å². The van der Waals surface area contributed by atoms with Crippen molar-refractivity contribution in [2.75, 3.05) is 10.6 Å². The lowest BCUT2D eigenvalue weighted by atomic mass is 10.2. The Labute approximate surface area is 129 Å². The lowest BCUT2D eigenvalue weighted by molar-refractivity contribution is 0.0690. The number of hydrogen-bond donors (Lipinski definition) is 3.